The number of pyridine rings is 1. The predicted octanol–water partition coefficient (Wildman–Crippen LogP) is 2.27. The fraction of sp³-hybridized carbons (Fsp3) is 0.667. The Morgan fingerprint density at radius 2 is 1.75 bits per heavy atom. The molecule has 0 N–H and O–H groups in total. The molecule has 2 aliphatic rings. The van der Waals surface area contributed by atoms with Crippen molar-refractivity contribution in [2.75, 3.05) is 7.11 Å². The van der Waals surface area contributed by atoms with Crippen molar-refractivity contribution in [3.05, 3.63) is 17.8 Å². The summed E-state index contributed by atoms with van der Waals surface area (Å²) in [5, 5.41) is 0. The molecule has 1 aliphatic carbocycles. The highest BCUT2D eigenvalue weighted by Gasteiger charge is 2.52. The SMILES string of the molecule is COc1cc(B2OC(C)(C)C(C)(C)O2)nc(C2CC2)c1. The van der Waals surface area contributed by atoms with E-state index in [1.165, 1.54) is 12.8 Å². The minimum absolute atomic E-state index is 0.345. The summed E-state index contributed by atoms with van der Waals surface area (Å²) in [4.78, 5) is 4.73. The zero-order chi connectivity index (χ0) is 14.5. The third-order valence-corrected chi connectivity index (χ3v) is 4.56. The van der Waals surface area contributed by atoms with Crippen molar-refractivity contribution >= 4 is 12.7 Å². The third kappa shape index (κ3) is 2.33. The maximum atomic E-state index is 6.06. The van der Waals surface area contributed by atoms with E-state index in [9.17, 15) is 0 Å². The van der Waals surface area contributed by atoms with Crippen molar-refractivity contribution in [3.63, 3.8) is 0 Å². The summed E-state index contributed by atoms with van der Waals surface area (Å²) in [6.45, 7) is 8.20. The van der Waals surface area contributed by atoms with Crippen LogP contribution >= 0.6 is 0 Å². The number of ether oxygens (including phenoxy) is 1. The molecule has 0 unspecified atom stereocenters. The van der Waals surface area contributed by atoms with Gasteiger partial charge in [0, 0.05) is 17.7 Å². The fourth-order valence-electron chi connectivity index (χ4n) is 2.34. The third-order valence-electron chi connectivity index (χ3n) is 4.56. The lowest BCUT2D eigenvalue weighted by molar-refractivity contribution is 0.00578. The quantitative estimate of drug-likeness (QED) is 0.793. The van der Waals surface area contributed by atoms with Crippen molar-refractivity contribution in [1.29, 1.82) is 0 Å². The first kappa shape index (κ1) is 13.9. The van der Waals surface area contributed by atoms with Crippen LogP contribution in [0.2, 0.25) is 0 Å². The standard InChI is InChI=1S/C15H22BNO3/c1-14(2)15(3,4)20-16(19-14)13-9-11(18-5)8-12(17-13)10-6-7-10/h8-10H,6-7H2,1-5H3. The molecule has 1 aromatic rings. The summed E-state index contributed by atoms with van der Waals surface area (Å²) in [5.41, 5.74) is 1.21. The summed E-state index contributed by atoms with van der Waals surface area (Å²) >= 11 is 0. The van der Waals surface area contributed by atoms with Crippen molar-refractivity contribution in [1.82, 2.24) is 4.98 Å². The Labute approximate surface area is 121 Å². The van der Waals surface area contributed by atoms with E-state index in [4.69, 9.17) is 19.0 Å². The van der Waals surface area contributed by atoms with Crippen LogP contribution in [-0.4, -0.2) is 30.4 Å². The van der Waals surface area contributed by atoms with Crippen LogP contribution in [0.15, 0.2) is 12.1 Å². The smallest absolute Gasteiger partial charge is 0.497 e. The second kappa shape index (κ2) is 4.47. The van der Waals surface area contributed by atoms with Crippen LogP contribution in [-0.2, 0) is 9.31 Å². The molecule has 4 nitrogen and oxygen atoms in total. The van der Waals surface area contributed by atoms with Crippen LogP contribution in [0.4, 0.5) is 0 Å². The molecule has 0 radical (unpaired) electrons. The van der Waals surface area contributed by atoms with E-state index in [1.807, 2.05) is 12.1 Å². The van der Waals surface area contributed by atoms with Gasteiger partial charge in [0.05, 0.1) is 23.9 Å². The Bertz CT molecular complexity index is 510. The van der Waals surface area contributed by atoms with E-state index in [2.05, 4.69) is 27.7 Å². The number of hydrogen-bond acceptors (Lipinski definition) is 4. The molecule has 3 rings (SSSR count). The topological polar surface area (TPSA) is 40.6 Å². The van der Waals surface area contributed by atoms with Crippen LogP contribution < -0.4 is 10.3 Å². The minimum atomic E-state index is -0.424. The first-order valence-corrected chi connectivity index (χ1v) is 7.24. The normalized spacial score (nSPS) is 23.9. The van der Waals surface area contributed by atoms with Gasteiger partial charge in [-0.3, -0.25) is 4.98 Å². The summed E-state index contributed by atoms with van der Waals surface area (Å²) in [7, 11) is 1.26. The van der Waals surface area contributed by atoms with E-state index < -0.39 is 7.12 Å². The van der Waals surface area contributed by atoms with Crippen LogP contribution in [0.5, 0.6) is 5.75 Å². The molecule has 2 heterocycles. The molecular weight excluding hydrogens is 253 g/mol. The van der Waals surface area contributed by atoms with Gasteiger partial charge in [-0.2, -0.15) is 0 Å². The second-order valence-electron chi connectivity index (χ2n) is 6.72. The van der Waals surface area contributed by atoms with Gasteiger partial charge in [0.25, 0.3) is 0 Å². The molecule has 0 atom stereocenters. The first-order valence-electron chi connectivity index (χ1n) is 7.24. The van der Waals surface area contributed by atoms with Gasteiger partial charge in [-0.25, -0.2) is 0 Å². The van der Waals surface area contributed by atoms with Gasteiger partial charge in [0.2, 0.25) is 0 Å². The van der Waals surface area contributed by atoms with Gasteiger partial charge < -0.3 is 14.0 Å². The van der Waals surface area contributed by atoms with Gasteiger partial charge in [-0.15, -0.1) is 0 Å². The molecule has 5 heteroatoms. The summed E-state index contributed by atoms with van der Waals surface area (Å²) in [5.74, 6) is 1.40. The lowest BCUT2D eigenvalue weighted by atomic mass is 9.83. The Balaban J connectivity index is 1.92. The molecule has 1 aliphatic heterocycles. The minimum Gasteiger partial charge on any atom is -0.497 e. The fourth-order valence-corrected chi connectivity index (χ4v) is 2.34. The molecule has 1 aromatic heterocycles. The second-order valence-corrected chi connectivity index (χ2v) is 6.72. The molecule has 0 amide bonds. The van der Waals surface area contributed by atoms with Gasteiger partial charge in [0.15, 0.2) is 0 Å². The highest BCUT2D eigenvalue weighted by atomic mass is 16.7. The average molecular weight is 275 g/mol. The molecule has 0 aromatic carbocycles. The van der Waals surface area contributed by atoms with Crippen LogP contribution in [0.1, 0.15) is 52.1 Å². The van der Waals surface area contributed by atoms with Crippen LogP contribution in [0.25, 0.3) is 0 Å². The highest BCUT2D eigenvalue weighted by molar-refractivity contribution is 6.61. The van der Waals surface area contributed by atoms with E-state index in [0.717, 1.165) is 17.0 Å². The Morgan fingerprint density at radius 3 is 2.25 bits per heavy atom. The molecule has 1 saturated heterocycles. The van der Waals surface area contributed by atoms with E-state index in [-0.39, 0.29) is 11.2 Å². The number of rotatable bonds is 3. The zero-order valence-electron chi connectivity index (χ0n) is 12.9. The Hall–Kier alpha value is -1.07. The molecule has 20 heavy (non-hydrogen) atoms. The zero-order valence-corrected chi connectivity index (χ0v) is 12.9. The summed E-state index contributed by atoms with van der Waals surface area (Å²) < 4.78 is 17.5. The Kier molecular flexibility index (Phi) is 3.10. The molecule has 0 bridgehead atoms. The van der Waals surface area contributed by atoms with Gasteiger partial charge in [-0.05, 0) is 46.6 Å². The molecular formula is C15H22BNO3. The summed E-state index contributed by atoms with van der Waals surface area (Å²) in [6.07, 6.45) is 2.42. The van der Waals surface area contributed by atoms with E-state index in [1.54, 1.807) is 7.11 Å². The number of aromatic nitrogens is 1. The van der Waals surface area contributed by atoms with Gasteiger partial charge in [0.1, 0.15) is 5.75 Å². The van der Waals surface area contributed by atoms with Crippen molar-refractivity contribution in [2.45, 2.75) is 57.7 Å². The highest BCUT2D eigenvalue weighted by Crippen LogP contribution is 2.40. The number of hydrogen-bond donors (Lipinski definition) is 0. The Morgan fingerprint density at radius 1 is 1.15 bits per heavy atom. The van der Waals surface area contributed by atoms with E-state index >= 15 is 0 Å². The predicted molar refractivity (Wildman–Crippen MR) is 78.5 cm³/mol. The van der Waals surface area contributed by atoms with Gasteiger partial charge in [-0.1, -0.05) is 0 Å². The number of nitrogens with zero attached hydrogens (tertiary/aromatic N) is 1. The number of methoxy groups -OCH3 is 1. The van der Waals surface area contributed by atoms with Crippen LogP contribution in [0, 0.1) is 0 Å². The first-order chi connectivity index (χ1) is 9.32. The largest absolute Gasteiger partial charge is 0.514 e. The monoisotopic (exact) mass is 275 g/mol. The molecule has 0 spiro atoms. The lowest BCUT2D eigenvalue weighted by Crippen LogP contribution is -2.41. The van der Waals surface area contributed by atoms with Crippen molar-refractivity contribution in [2.24, 2.45) is 0 Å². The maximum absolute atomic E-state index is 6.06. The molecule has 108 valence electrons. The van der Waals surface area contributed by atoms with Crippen LogP contribution in [0.3, 0.4) is 0 Å². The average Bonchev–Trinajstić information content (AvgIpc) is 3.17. The summed E-state index contributed by atoms with van der Waals surface area (Å²) in [6, 6.07) is 3.93. The molecule has 1 saturated carbocycles. The van der Waals surface area contributed by atoms with Gasteiger partial charge >= 0.3 is 7.12 Å². The van der Waals surface area contributed by atoms with E-state index in [0.29, 0.717) is 5.92 Å². The molecule has 2 fully saturated rings. The van der Waals surface area contributed by atoms with Crippen molar-refractivity contribution in [3.8, 4) is 5.75 Å². The lowest BCUT2D eigenvalue weighted by Gasteiger charge is -2.32. The van der Waals surface area contributed by atoms with Crippen molar-refractivity contribution < 1.29 is 14.0 Å². The maximum Gasteiger partial charge on any atom is 0.514 e.